The smallest absolute Gasteiger partial charge is 0.302 e. The number of hydrogen-bond donors (Lipinski definition) is 0. The molecule has 0 bridgehead atoms. The standard InChI is InChI=1S/C39H46O4Si/c1-7-37(42-38(43-44(4,5)6)30-40-29-33-20-12-8-13-21-33)32(3)31(2)28-41-39(34-22-14-9-15-23-34,35-24-16-10-17-25-35)36-26-18-11-19-27-36/h8-27,30,37H,7,28-29H2,1-6H3/b32-31+,38-30-/t37-/m1/s1. The SMILES string of the molecule is CC[C@@H](O/C(=C/OCc1ccccc1)O[Si](C)(C)C)/C(C)=C(\C)COC(c1ccccc1)(c1ccccc1)c1ccccc1. The molecule has 0 aromatic heterocycles. The van der Waals surface area contributed by atoms with E-state index in [-0.39, 0.29) is 6.10 Å². The normalized spacial score (nSPS) is 13.5. The lowest BCUT2D eigenvalue weighted by atomic mass is 9.80. The molecule has 0 unspecified atom stereocenters. The number of ether oxygens (including phenoxy) is 3. The third-order valence-corrected chi connectivity index (χ3v) is 8.32. The van der Waals surface area contributed by atoms with E-state index in [1.165, 1.54) is 0 Å². The zero-order chi connectivity index (χ0) is 31.4. The molecule has 1 atom stereocenters. The highest BCUT2D eigenvalue weighted by Gasteiger charge is 2.37. The maximum atomic E-state index is 7.09. The third-order valence-electron chi connectivity index (χ3n) is 7.51. The van der Waals surface area contributed by atoms with Crippen molar-refractivity contribution in [3.8, 4) is 0 Å². The summed E-state index contributed by atoms with van der Waals surface area (Å²) >= 11 is 0. The zero-order valence-corrected chi connectivity index (χ0v) is 28.0. The van der Waals surface area contributed by atoms with E-state index < -0.39 is 13.9 Å². The Bertz CT molecular complexity index is 1380. The largest absolute Gasteiger partial charge is 0.518 e. The van der Waals surface area contributed by atoms with Crippen molar-refractivity contribution in [2.24, 2.45) is 0 Å². The minimum absolute atomic E-state index is 0.193. The Hall–Kier alpha value is -4.06. The Labute approximate surface area is 265 Å². The number of benzene rings is 4. The highest BCUT2D eigenvalue weighted by atomic mass is 28.4. The summed E-state index contributed by atoms with van der Waals surface area (Å²) in [5.74, 6) is 0.423. The quantitative estimate of drug-likeness (QED) is 0.0584. The lowest BCUT2D eigenvalue weighted by Crippen LogP contribution is -2.34. The van der Waals surface area contributed by atoms with E-state index in [4.69, 9.17) is 18.6 Å². The first kappa shape index (κ1) is 32.8. The van der Waals surface area contributed by atoms with Crippen LogP contribution in [0.3, 0.4) is 0 Å². The van der Waals surface area contributed by atoms with Crippen LogP contribution in [0.25, 0.3) is 0 Å². The van der Waals surface area contributed by atoms with Gasteiger partial charge in [-0.25, -0.2) is 0 Å². The molecule has 44 heavy (non-hydrogen) atoms. The van der Waals surface area contributed by atoms with Crippen LogP contribution in [0.1, 0.15) is 49.4 Å². The second-order valence-electron chi connectivity index (χ2n) is 12.0. The van der Waals surface area contributed by atoms with E-state index >= 15 is 0 Å². The maximum Gasteiger partial charge on any atom is 0.302 e. The van der Waals surface area contributed by atoms with Crippen molar-refractivity contribution in [3.05, 3.63) is 167 Å². The third kappa shape index (κ3) is 8.74. The fourth-order valence-corrected chi connectivity index (χ4v) is 5.85. The molecular weight excluding hydrogens is 561 g/mol. The Kier molecular flexibility index (Phi) is 11.6. The molecule has 5 heteroatoms. The minimum Gasteiger partial charge on any atom is -0.518 e. The molecule has 0 aliphatic carbocycles. The highest BCUT2D eigenvalue weighted by molar-refractivity contribution is 6.70. The van der Waals surface area contributed by atoms with Gasteiger partial charge in [0.25, 0.3) is 0 Å². The van der Waals surface area contributed by atoms with Crippen molar-refractivity contribution in [1.29, 1.82) is 0 Å². The molecule has 0 aliphatic rings. The minimum atomic E-state index is -1.96. The van der Waals surface area contributed by atoms with Crippen LogP contribution >= 0.6 is 0 Å². The first-order chi connectivity index (χ1) is 21.2. The van der Waals surface area contributed by atoms with E-state index in [9.17, 15) is 0 Å². The predicted molar refractivity (Wildman–Crippen MR) is 182 cm³/mol. The highest BCUT2D eigenvalue weighted by Crippen LogP contribution is 2.41. The van der Waals surface area contributed by atoms with Crippen LogP contribution in [0.2, 0.25) is 19.6 Å². The summed E-state index contributed by atoms with van der Waals surface area (Å²) in [5.41, 5.74) is 5.77. The van der Waals surface area contributed by atoms with Crippen molar-refractivity contribution in [2.75, 3.05) is 6.61 Å². The van der Waals surface area contributed by atoms with Gasteiger partial charge in [-0.1, -0.05) is 128 Å². The van der Waals surface area contributed by atoms with Gasteiger partial charge < -0.3 is 18.6 Å². The topological polar surface area (TPSA) is 36.9 Å². The first-order valence-electron chi connectivity index (χ1n) is 15.4. The van der Waals surface area contributed by atoms with E-state index in [1.807, 2.05) is 48.5 Å². The fourth-order valence-electron chi connectivity index (χ4n) is 5.15. The summed E-state index contributed by atoms with van der Waals surface area (Å²) in [6, 6.07) is 41.5. The summed E-state index contributed by atoms with van der Waals surface area (Å²) in [4.78, 5) is 0. The Morgan fingerprint density at radius 3 is 1.59 bits per heavy atom. The van der Waals surface area contributed by atoms with Gasteiger partial charge in [-0.3, -0.25) is 0 Å². The van der Waals surface area contributed by atoms with E-state index in [0.29, 0.717) is 19.2 Å². The van der Waals surface area contributed by atoms with Gasteiger partial charge in [0.05, 0.1) is 6.61 Å². The molecule has 0 saturated heterocycles. The fraction of sp³-hybridized carbons (Fsp3) is 0.282. The summed E-state index contributed by atoms with van der Waals surface area (Å²) in [5, 5.41) is 0. The Morgan fingerprint density at radius 2 is 1.16 bits per heavy atom. The molecule has 0 amide bonds. The molecule has 4 aromatic rings. The summed E-state index contributed by atoms with van der Waals surface area (Å²) < 4.78 is 25.9. The Balaban J connectivity index is 1.62. The lowest BCUT2D eigenvalue weighted by molar-refractivity contribution is 0.0231. The molecule has 4 nitrogen and oxygen atoms in total. The van der Waals surface area contributed by atoms with Crippen LogP contribution in [0.15, 0.2) is 145 Å². The summed E-state index contributed by atoms with van der Waals surface area (Å²) in [6.45, 7) is 13.7. The number of rotatable bonds is 15. The van der Waals surface area contributed by atoms with Crippen molar-refractivity contribution in [1.82, 2.24) is 0 Å². The average Bonchev–Trinajstić information content (AvgIpc) is 3.04. The molecule has 0 N–H and O–H groups in total. The van der Waals surface area contributed by atoms with Gasteiger partial charge >= 0.3 is 5.95 Å². The molecule has 4 aromatic carbocycles. The monoisotopic (exact) mass is 606 g/mol. The molecule has 0 radical (unpaired) electrons. The summed E-state index contributed by atoms with van der Waals surface area (Å²) in [6.07, 6.45) is 2.20. The second kappa shape index (κ2) is 15.6. The molecule has 0 heterocycles. The second-order valence-corrected chi connectivity index (χ2v) is 16.4. The predicted octanol–water partition coefficient (Wildman–Crippen LogP) is 9.99. The van der Waals surface area contributed by atoms with Crippen molar-refractivity contribution in [3.63, 3.8) is 0 Å². The van der Waals surface area contributed by atoms with Gasteiger partial charge in [0.15, 0.2) is 6.26 Å². The van der Waals surface area contributed by atoms with E-state index in [2.05, 4.69) is 113 Å². The van der Waals surface area contributed by atoms with Gasteiger partial charge in [-0.15, -0.1) is 0 Å². The van der Waals surface area contributed by atoms with Gasteiger partial charge in [-0.2, -0.15) is 0 Å². The van der Waals surface area contributed by atoms with Crippen LogP contribution < -0.4 is 0 Å². The van der Waals surface area contributed by atoms with Crippen LogP contribution in [-0.4, -0.2) is 21.0 Å². The molecule has 4 rings (SSSR count). The lowest BCUT2D eigenvalue weighted by Gasteiger charge is -2.36. The average molecular weight is 607 g/mol. The molecular formula is C39H46O4Si. The van der Waals surface area contributed by atoms with Crippen molar-refractivity contribution in [2.45, 2.75) is 65.1 Å². The van der Waals surface area contributed by atoms with Crippen molar-refractivity contribution >= 4 is 8.32 Å². The van der Waals surface area contributed by atoms with Crippen LogP contribution in [0.5, 0.6) is 0 Å². The molecule has 0 spiro atoms. The van der Waals surface area contributed by atoms with Crippen LogP contribution in [-0.2, 0) is 30.8 Å². The van der Waals surface area contributed by atoms with Crippen LogP contribution in [0.4, 0.5) is 0 Å². The molecule has 0 saturated carbocycles. The van der Waals surface area contributed by atoms with Gasteiger partial charge in [0.1, 0.15) is 18.3 Å². The van der Waals surface area contributed by atoms with Gasteiger partial charge in [0.2, 0.25) is 8.32 Å². The molecule has 0 aliphatic heterocycles. The Morgan fingerprint density at radius 1 is 0.705 bits per heavy atom. The molecule has 230 valence electrons. The molecule has 0 fully saturated rings. The van der Waals surface area contributed by atoms with E-state index in [1.54, 1.807) is 6.26 Å². The van der Waals surface area contributed by atoms with Gasteiger partial charge in [0, 0.05) is 0 Å². The zero-order valence-electron chi connectivity index (χ0n) is 27.0. The first-order valence-corrected chi connectivity index (χ1v) is 18.8. The maximum absolute atomic E-state index is 7.09. The van der Waals surface area contributed by atoms with Crippen LogP contribution in [0, 0.1) is 0 Å². The van der Waals surface area contributed by atoms with Crippen molar-refractivity contribution < 1.29 is 18.6 Å². The number of hydrogen-bond acceptors (Lipinski definition) is 4. The van der Waals surface area contributed by atoms with Gasteiger partial charge in [-0.05, 0) is 73.3 Å². The van der Waals surface area contributed by atoms with E-state index in [0.717, 1.165) is 39.8 Å². The summed E-state index contributed by atoms with van der Waals surface area (Å²) in [7, 11) is -1.96.